The first-order valence-corrected chi connectivity index (χ1v) is 10.9. The van der Waals surface area contributed by atoms with Gasteiger partial charge in [0, 0.05) is 0 Å². The van der Waals surface area contributed by atoms with Gasteiger partial charge in [-0.1, -0.05) is 114 Å². The third-order valence-corrected chi connectivity index (χ3v) is 1.97. The van der Waals surface area contributed by atoms with Gasteiger partial charge in [-0.3, -0.25) is 0 Å². The summed E-state index contributed by atoms with van der Waals surface area (Å²) in [6, 6.07) is 0. The van der Waals surface area contributed by atoms with Gasteiger partial charge in [0.1, 0.15) is 0 Å². The fraction of sp³-hybridized carbons (Fsp3) is 0.600. The number of hydrogen-bond acceptors (Lipinski definition) is 2. The highest BCUT2D eigenvalue weighted by atomic mass is 14.8. The number of aromatic nitrogens is 2. The zero-order chi connectivity index (χ0) is 22.7. The summed E-state index contributed by atoms with van der Waals surface area (Å²) in [5, 5.41) is 1.57. The van der Waals surface area contributed by atoms with Gasteiger partial charge in [0.25, 0.3) is 0 Å². The molecule has 1 rings (SSSR count). The van der Waals surface area contributed by atoms with E-state index in [-0.39, 0.29) is 0 Å². The van der Waals surface area contributed by atoms with Crippen LogP contribution in [0.1, 0.15) is 114 Å². The zero-order valence-corrected chi connectivity index (χ0v) is 20.7. The van der Waals surface area contributed by atoms with Crippen molar-refractivity contribution in [3.05, 3.63) is 34.7 Å². The van der Waals surface area contributed by atoms with E-state index >= 15 is 0 Å². The van der Waals surface area contributed by atoms with Crippen molar-refractivity contribution < 1.29 is 0 Å². The molecule has 0 radical (unpaired) electrons. The van der Waals surface area contributed by atoms with Crippen LogP contribution in [0.2, 0.25) is 0 Å². The Bertz CT molecular complexity index is 512. The second kappa shape index (κ2) is 35.4. The van der Waals surface area contributed by atoms with Gasteiger partial charge in [0.2, 0.25) is 0 Å². The van der Waals surface area contributed by atoms with Crippen molar-refractivity contribution in [2.24, 2.45) is 0 Å². The molecule has 0 bridgehead atoms. The molecular weight excluding hydrogens is 328 g/mol. The Morgan fingerprint density at radius 2 is 1.19 bits per heavy atom. The Labute approximate surface area is 172 Å². The molecule has 1 aromatic heterocycles. The highest BCUT2D eigenvalue weighted by Gasteiger charge is 1.98. The summed E-state index contributed by atoms with van der Waals surface area (Å²) in [4.78, 5) is 8.84. The van der Waals surface area contributed by atoms with Gasteiger partial charge >= 0.3 is 0 Å². The lowest BCUT2D eigenvalue weighted by atomic mass is 10.2. The SMILES string of the molecule is C=Cc1nc(=C)/c(=C\CC)nc1/C=C\C.CC.CC.CC.CCC.CCC. The summed E-state index contributed by atoms with van der Waals surface area (Å²) in [6.07, 6.45) is 11.0. The van der Waals surface area contributed by atoms with Crippen molar-refractivity contribution >= 4 is 24.8 Å². The predicted octanol–water partition coefficient (Wildman–Crippen LogP) is 7.66. The third-order valence-electron chi connectivity index (χ3n) is 1.97. The summed E-state index contributed by atoms with van der Waals surface area (Å²) in [5.41, 5.74) is 1.63. The van der Waals surface area contributed by atoms with E-state index in [1.165, 1.54) is 12.8 Å². The van der Waals surface area contributed by atoms with Gasteiger partial charge in [0.05, 0.1) is 22.1 Å². The maximum atomic E-state index is 4.48. The lowest BCUT2D eigenvalue weighted by Gasteiger charge is -1.99. The Morgan fingerprint density at radius 1 is 0.778 bits per heavy atom. The van der Waals surface area contributed by atoms with Crippen LogP contribution in [0.4, 0.5) is 0 Å². The van der Waals surface area contributed by atoms with Crippen molar-refractivity contribution in [3.8, 4) is 0 Å². The molecule has 0 saturated heterocycles. The molecule has 0 spiro atoms. The van der Waals surface area contributed by atoms with Gasteiger partial charge in [-0.25, -0.2) is 9.97 Å². The molecule has 27 heavy (non-hydrogen) atoms. The van der Waals surface area contributed by atoms with Crippen molar-refractivity contribution in [1.29, 1.82) is 0 Å². The van der Waals surface area contributed by atoms with Gasteiger partial charge < -0.3 is 0 Å². The molecule has 0 saturated carbocycles. The maximum absolute atomic E-state index is 4.48. The molecule has 0 unspecified atom stereocenters. The second-order valence-corrected chi connectivity index (χ2v) is 4.56. The minimum atomic E-state index is 0.708. The first kappa shape index (κ1) is 36.3. The molecule has 1 aromatic rings. The molecule has 0 fully saturated rings. The first-order chi connectivity index (χ1) is 13.1. The van der Waals surface area contributed by atoms with E-state index in [4.69, 9.17) is 0 Å². The predicted molar refractivity (Wildman–Crippen MR) is 132 cm³/mol. The van der Waals surface area contributed by atoms with Gasteiger partial charge in [0.15, 0.2) is 0 Å². The van der Waals surface area contributed by atoms with Crippen LogP contribution >= 0.6 is 0 Å². The lowest BCUT2D eigenvalue weighted by molar-refractivity contribution is 1.06. The molecular formula is C25H50N2. The summed E-state index contributed by atoms with van der Waals surface area (Å²) in [7, 11) is 0. The van der Waals surface area contributed by atoms with E-state index in [1.807, 2.05) is 66.7 Å². The van der Waals surface area contributed by atoms with Crippen LogP contribution in [0.25, 0.3) is 24.8 Å². The molecule has 2 nitrogen and oxygen atoms in total. The largest absolute Gasteiger partial charge is 0.245 e. The molecule has 0 N–H and O–H groups in total. The quantitative estimate of drug-likeness (QED) is 0.539. The van der Waals surface area contributed by atoms with Gasteiger partial charge in [-0.2, -0.15) is 0 Å². The molecule has 1 heterocycles. The third kappa shape index (κ3) is 24.3. The minimum Gasteiger partial charge on any atom is -0.245 e. The number of nitrogens with zero attached hydrogens (tertiary/aromatic N) is 2. The Morgan fingerprint density at radius 3 is 1.48 bits per heavy atom. The highest BCUT2D eigenvalue weighted by Crippen LogP contribution is 2.01. The zero-order valence-electron chi connectivity index (χ0n) is 20.7. The molecule has 0 aliphatic carbocycles. The van der Waals surface area contributed by atoms with Crippen LogP contribution in [0.15, 0.2) is 12.7 Å². The fourth-order valence-corrected chi connectivity index (χ4v) is 1.30. The molecule has 0 aliphatic heterocycles. The number of hydrogen-bond donors (Lipinski definition) is 0. The average Bonchev–Trinajstić information content (AvgIpc) is 2.70. The monoisotopic (exact) mass is 378 g/mol. The van der Waals surface area contributed by atoms with Gasteiger partial charge in [-0.15, -0.1) is 0 Å². The summed E-state index contributed by atoms with van der Waals surface area (Å²) in [5.74, 6) is 0. The lowest BCUT2D eigenvalue weighted by Crippen LogP contribution is -2.31. The standard InChI is InChI=1S/C13H16N2.2C3H8.3C2H6/c1-5-8-12-10(4)14-11(7-3)13(15-12)9-6-2;2*1-3-2;3*1-2/h6-9H,3-5H2,1-2H3;2*3H2,1-2H3;3*1-2H3/b9-6-,12-8+;;;;;. The van der Waals surface area contributed by atoms with Crippen LogP contribution in [-0.4, -0.2) is 9.97 Å². The van der Waals surface area contributed by atoms with E-state index in [2.05, 4.69) is 57.7 Å². The van der Waals surface area contributed by atoms with E-state index in [9.17, 15) is 0 Å². The van der Waals surface area contributed by atoms with E-state index in [0.29, 0.717) is 5.35 Å². The van der Waals surface area contributed by atoms with Crippen LogP contribution in [-0.2, 0) is 0 Å². The summed E-state index contributed by atoms with van der Waals surface area (Å²) < 4.78 is 0. The molecule has 2 heteroatoms. The number of allylic oxidation sites excluding steroid dienone is 1. The van der Waals surface area contributed by atoms with Crippen molar-refractivity contribution in [3.63, 3.8) is 0 Å². The Balaban J connectivity index is -0.000000113. The van der Waals surface area contributed by atoms with Crippen molar-refractivity contribution in [2.45, 2.75) is 102 Å². The summed E-state index contributed by atoms with van der Waals surface area (Å²) in [6.45, 7) is 32.1. The molecule has 0 aliphatic rings. The normalized spacial score (nSPS) is 8.81. The molecule has 160 valence electrons. The van der Waals surface area contributed by atoms with Crippen LogP contribution < -0.4 is 10.7 Å². The van der Waals surface area contributed by atoms with E-state index in [0.717, 1.165) is 23.2 Å². The second-order valence-electron chi connectivity index (χ2n) is 4.56. The Kier molecular flexibility index (Phi) is 47.6. The number of rotatable bonds is 3. The smallest absolute Gasteiger partial charge is 0.0890 e. The fourth-order valence-electron chi connectivity index (χ4n) is 1.30. The summed E-state index contributed by atoms with van der Waals surface area (Å²) >= 11 is 0. The van der Waals surface area contributed by atoms with E-state index in [1.54, 1.807) is 6.08 Å². The van der Waals surface area contributed by atoms with Crippen LogP contribution in [0, 0.1) is 0 Å². The molecule has 0 atom stereocenters. The average molecular weight is 379 g/mol. The Hall–Kier alpha value is -1.70. The topological polar surface area (TPSA) is 25.8 Å². The minimum absolute atomic E-state index is 0.708. The van der Waals surface area contributed by atoms with Gasteiger partial charge in [-0.05, 0) is 25.5 Å². The van der Waals surface area contributed by atoms with E-state index < -0.39 is 0 Å². The first-order valence-electron chi connectivity index (χ1n) is 10.9. The van der Waals surface area contributed by atoms with Crippen molar-refractivity contribution in [2.75, 3.05) is 0 Å². The molecule has 0 amide bonds. The van der Waals surface area contributed by atoms with Crippen LogP contribution in [0.5, 0.6) is 0 Å². The van der Waals surface area contributed by atoms with Crippen molar-refractivity contribution in [1.82, 2.24) is 9.97 Å². The van der Waals surface area contributed by atoms with Crippen LogP contribution in [0.3, 0.4) is 0 Å². The molecule has 0 aromatic carbocycles. The highest BCUT2D eigenvalue weighted by molar-refractivity contribution is 5.57. The maximum Gasteiger partial charge on any atom is 0.0890 e.